The van der Waals surface area contributed by atoms with Crippen LogP contribution in [0.3, 0.4) is 0 Å². The molecule has 0 radical (unpaired) electrons. The average Bonchev–Trinajstić information content (AvgIpc) is 2.91. The number of hydrogen-bond donors (Lipinski definition) is 1. The van der Waals surface area contributed by atoms with Crippen molar-refractivity contribution in [1.29, 1.82) is 0 Å². The molecule has 1 aromatic heterocycles. The first kappa shape index (κ1) is 15.6. The molecule has 1 heterocycles. The van der Waals surface area contributed by atoms with Gasteiger partial charge in [0.25, 0.3) is 0 Å². The lowest BCUT2D eigenvalue weighted by Gasteiger charge is -2.12. The summed E-state index contributed by atoms with van der Waals surface area (Å²) in [5.41, 5.74) is 3.35. The zero-order valence-electron chi connectivity index (χ0n) is 12.6. The third-order valence-corrected chi connectivity index (χ3v) is 4.18. The highest BCUT2D eigenvalue weighted by atomic mass is 32.1. The van der Waals surface area contributed by atoms with Crippen molar-refractivity contribution in [1.82, 2.24) is 0 Å². The predicted molar refractivity (Wildman–Crippen MR) is 87.9 cm³/mol. The first-order valence-electron chi connectivity index (χ1n) is 7.01. The number of benzene rings is 1. The number of aliphatic hydroxyl groups is 1. The van der Waals surface area contributed by atoms with Crippen LogP contribution in [0.1, 0.15) is 41.3 Å². The third-order valence-electron chi connectivity index (χ3n) is 3.29. The van der Waals surface area contributed by atoms with E-state index in [1.54, 1.807) is 11.3 Å². The lowest BCUT2D eigenvalue weighted by atomic mass is 10.0. The summed E-state index contributed by atoms with van der Waals surface area (Å²) in [6.45, 7) is 6.80. The van der Waals surface area contributed by atoms with Crippen LogP contribution in [0.25, 0.3) is 0 Å². The van der Waals surface area contributed by atoms with Gasteiger partial charge in [0.1, 0.15) is 19.0 Å². The molecule has 0 spiro atoms. The molecule has 2 rings (SSSR count). The van der Waals surface area contributed by atoms with Crippen molar-refractivity contribution in [2.45, 2.75) is 33.3 Å². The standard InChI is InChI=1S/C18H20O2S/c1-13(2)16-7-6-14(3)17(11-16)20-12-18-15(5-4-9-19)8-10-21-18/h6-8,10-11,13,19H,9,12H2,1-3H3. The molecular formula is C18H20O2S. The normalized spacial score (nSPS) is 10.3. The van der Waals surface area contributed by atoms with Gasteiger partial charge in [-0.25, -0.2) is 0 Å². The molecule has 0 amide bonds. The highest BCUT2D eigenvalue weighted by molar-refractivity contribution is 7.10. The zero-order valence-corrected chi connectivity index (χ0v) is 13.5. The molecule has 3 heteroatoms. The summed E-state index contributed by atoms with van der Waals surface area (Å²) in [7, 11) is 0. The van der Waals surface area contributed by atoms with Gasteiger partial charge in [-0.2, -0.15) is 0 Å². The van der Waals surface area contributed by atoms with Gasteiger partial charge in [0.2, 0.25) is 0 Å². The van der Waals surface area contributed by atoms with Crippen molar-refractivity contribution >= 4 is 11.3 Å². The van der Waals surface area contributed by atoms with Crippen molar-refractivity contribution in [2.24, 2.45) is 0 Å². The van der Waals surface area contributed by atoms with E-state index < -0.39 is 0 Å². The van der Waals surface area contributed by atoms with Crippen LogP contribution < -0.4 is 4.74 Å². The van der Waals surface area contributed by atoms with Crippen LogP contribution >= 0.6 is 11.3 Å². The van der Waals surface area contributed by atoms with Crippen molar-refractivity contribution in [3.8, 4) is 17.6 Å². The van der Waals surface area contributed by atoms with Gasteiger partial charge in [-0.1, -0.05) is 37.8 Å². The SMILES string of the molecule is Cc1ccc(C(C)C)cc1OCc1sccc1C#CCO. The number of ether oxygens (including phenoxy) is 1. The van der Waals surface area contributed by atoms with Gasteiger partial charge < -0.3 is 9.84 Å². The van der Waals surface area contributed by atoms with Gasteiger partial charge in [-0.3, -0.25) is 0 Å². The van der Waals surface area contributed by atoms with Crippen LogP contribution in [0.4, 0.5) is 0 Å². The molecule has 0 aliphatic rings. The zero-order chi connectivity index (χ0) is 15.2. The fourth-order valence-electron chi connectivity index (χ4n) is 1.97. The summed E-state index contributed by atoms with van der Waals surface area (Å²) >= 11 is 1.63. The monoisotopic (exact) mass is 300 g/mol. The maximum atomic E-state index is 8.78. The summed E-state index contributed by atoms with van der Waals surface area (Å²) in [5, 5.41) is 10.8. The predicted octanol–water partition coefficient (Wildman–Crippen LogP) is 4.10. The summed E-state index contributed by atoms with van der Waals surface area (Å²) in [4.78, 5) is 1.09. The van der Waals surface area contributed by atoms with Gasteiger partial charge in [-0.05, 0) is 41.5 Å². The highest BCUT2D eigenvalue weighted by Crippen LogP contribution is 2.26. The maximum absolute atomic E-state index is 8.78. The minimum absolute atomic E-state index is 0.119. The summed E-state index contributed by atoms with van der Waals surface area (Å²) < 4.78 is 5.97. The topological polar surface area (TPSA) is 29.5 Å². The highest BCUT2D eigenvalue weighted by Gasteiger charge is 2.07. The molecule has 1 N–H and O–H groups in total. The third kappa shape index (κ3) is 4.10. The average molecular weight is 300 g/mol. The van der Waals surface area contributed by atoms with Crippen molar-refractivity contribution in [3.05, 3.63) is 51.2 Å². The number of aryl methyl sites for hydroxylation is 1. The van der Waals surface area contributed by atoms with E-state index in [4.69, 9.17) is 9.84 Å². The Bertz CT molecular complexity index is 659. The molecule has 0 aliphatic heterocycles. The Morgan fingerprint density at radius 2 is 2.10 bits per heavy atom. The van der Waals surface area contributed by atoms with Gasteiger partial charge in [-0.15, -0.1) is 11.3 Å². The minimum atomic E-state index is -0.119. The maximum Gasteiger partial charge on any atom is 0.124 e. The molecule has 1 aromatic carbocycles. The van der Waals surface area contributed by atoms with E-state index >= 15 is 0 Å². The molecule has 0 saturated carbocycles. The molecule has 110 valence electrons. The summed E-state index contributed by atoms with van der Waals surface area (Å²) in [6.07, 6.45) is 0. The fraction of sp³-hybridized carbons (Fsp3) is 0.333. The van der Waals surface area contributed by atoms with E-state index in [0.29, 0.717) is 12.5 Å². The molecule has 0 bridgehead atoms. The first-order chi connectivity index (χ1) is 10.1. The van der Waals surface area contributed by atoms with Crippen LogP contribution in [0.5, 0.6) is 5.75 Å². The molecule has 21 heavy (non-hydrogen) atoms. The molecule has 0 unspecified atom stereocenters. The molecule has 2 aromatic rings. The Kier molecular flexibility index (Phi) is 5.44. The van der Waals surface area contributed by atoms with Crippen molar-refractivity contribution in [2.75, 3.05) is 6.61 Å². The van der Waals surface area contributed by atoms with Crippen molar-refractivity contribution < 1.29 is 9.84 Å². The summed E-state index contributed by atoms with van der Waals surface area (Å²) in [6, 6.07) is 8.33. The molecule has 0 fully saturated rings. The Labute approximate surface area is 130 Å². The minimum Gasteiger partial charge on any atom is -0.488 e. The van der Waals surface area contributed by atoms with Crippen LogP contribution in [-0.2, 0) is 6.61 Å². The largest absolute Gasteiger partial charge is 0.488 e. The Morgan fingerprint density at radius 1 is 1.29 bits per heavy atom. The second-order valence-electron chi connectivity index (χ2n) is 5.19. The van der Waals surface area contributed by atoms with Gasteiger partial charge in [0.15, 0.2) is 0 Å². The number of thiophene rings is 1. The smallest absolute Gasteiger partial charge is 0.124 e. The molecule has 2 nitrogen and oxygen atoms in total. The van der Waals surface area contributed by atoms with Gasteiger partial charge in [0, 0.05) is 5.56 Å². The van der Waals surface area contributed by atoms with Crippen LogP contribution in [0, 0.1) is 18.8 Å². The number of hydrogen-bond acceptors (Lipinski definition) is 3. The van der Waals surface area contributed by atoms with Crippen molar-refractivity contribution in [3.63, 3.8) is 0 Å². The lowest BCUT2D eigenvalue weighted by molar-refractivity contribution is 0.307. The van der Waals surface area contributed by atoms with Crippen LogP contribution in [0.2, 0.25) is 0 Å². The van der Waals surface area contributed by atoms with Crippen LogP contribution in [0.15, 0.2) is 29.6 Å². The molecule has 0 saturated heterocycles. The van der Waals surface area contributed by atoms with E-state index in [9.17, 15) is 0 Å². The quantitative estimate of drug-likeness (QED) is 0.861. The van der Waals surface area contributed by atoms with E-state index in [0.717, 1.165) is 21.8 Å². The van der Waals surface area contributed by atoms with Gasteiger partial charge in [0.05, 0.1) is 4.88 Å². The second kappa shape index (κ2) is 7.31. The van der Waals surface area contributed by atoms with E-state index in [1.165, 1.54) is 5.56 Å². The Balaban J connectivity index is 2.13. The molecular weight excluding hydrogens is 280 g/mol. The molecule has 0 aliphatic carbocycles. The summed E-state index contributed by atoms with van der Waals surface area (Å²) in [5.74, 6) is 7.05. The Hall–Kier alpha value is -1.76. The van der Waals surface area contributed by atoms with E-state index in [1.807, 2.05) is 11.4 Å². The number of rotatable bonds is 4. The van der Waals surface area contributed by atoms with E-state index in [-0.39, 0.29) is 6.61 Å². The molecule has 0 atom stereocenters. The van der Waals surface area contributed by atoms with E-state index in [2.05, 4.69) is 50.8 Å². The second-order valence-corrected chi connectivity index (χ2v) is 6.19. The number of aliphatic hydroxyl groups excluding tert-OH is 1. The Morgan fingerprint density at radius 3 is 2.81 bits per heavy atom. The fourth-order valence-corrected chi connectivity index (χ4v) is 2.71. The van der Waals surface area contributed by atoms with Crippen LogP contribution in [-0.4, -0.2) is 11.7 Å². The first-order valence-corrected chi connectivity index (χ1v) is 7.89. The van der Waals surface area contributed by atoms with Gasteiger partial charge >= 0.3 is 0 Å². The lowest BCUT2D eigenvalue weighted by Crippen LogP contribution is -1.98.